The Morgan fingerprint density at radius 1 is 1.44 bits per heavy atom. The van der Waals surface area contributed by atoms with E-state index >= 15 is 0 Å². The molecule has 4 heteroatoms. The molecule has 0 spiro atoms. The Hall–Kier alpha value is -1.03. The fraction of sp³-hybridized carbons (Fsp3) is 0.417. The van der Waals surface area contributed by atoms with E-state index in [2.05, 4.69) is 21.2 Å². The van der Waals surface area contributed by atoms with Crippen LogP contribution in [0.1, 0.15) is 28.8 Å². The lowest BCUT2D eigenvalue weighted by Crippen LogP contribution is -2.24. The van der Waals surface area contributed by atoms with Crippen molar-refractivity contribution in [2.75, 3.05) is 11.9 Å². The molecule has 1 amide bonds. The molecule has 1 rings (SSSR count). The largest absolute Gasteiger partial charge is 0.507 e. The fourth-order valence-electron chi connectivity index (χ4n) is 1.36. The van der Waals surface area contributed by atoms with Crippen LogP contribution in [0, 0.1) is 6.92 Å². The zero-order valence-electron chi connectivity index (χ0n) is 9.29. The number of carbonyl (C=O) groups excluding carboxylic acids is 1. The predicted octanol–water partition coefficient (Wildman–Crippen LogP) is 2.61. The summed E-state index contributed by atoms with van der Waals surface area (Å²) in [5.41, 5.74) is 1.06. The number of alkyl halides is 1. The van der Waals surface area contributed by atoms with E-state index in [9.17, 15) is 9.90 Å². The molecule has 0 bridgehead atoms. The Balaban J connectivity index is 2.56. The number of aromatic hydroxyl groups is 1. The number of halogens is 1. The van der Waals surface area contributed by atoms with Gasteiger partial charge in [-0.3, -0.25) is 4.79 Å². The molecule has 16 heavy (non-hydrogen) atoms. The SMILES string of the molecule is Cc1cccc(C(=O)NCCCCBr)c1O. The topological polar surface area (TPSA) is 49.3 Å². The van der Waals surface area contributed by atoms with Crippen molar-refractivity contribution in [3.05, 3.63) is 29.3 Å². The Morgan fingerprint density at radius 3 is 2.88 bits per heavy atom. The molecule has 0 aromatic heterocycles. The second kappa shape index (κ2) is 6.53. The van der Waals surface area contributed by atoms with E-state index in [0.29, 0.717) is 17.7 Å². The minimum Gasteiger partial charge on any atom is -0.507 e. The van der Waals surface area contributed by atoms with Crippen LogP contribution in [0.15, 0.2) is 18.2 Å². The minimum absolute atomic E-state index is 0.0699. The summed E-state index contributed by atoms with van der Waals surface area (Å²) in [5, 5.41) is 13.4. The number of hydrogen-bond acceptors (Lipinski definition) is 2. The summed E-state index contributed by atoms with van der Waals surface area (Å²) in [7, 11) is 0. The number of aryl methyl sites for hydroxylation is 1. The molecule has 0 aliphatic rings. The number of para-hydroxylation sites is 1. The Bertz CT molecular complexity index is 366. The summed E-state index contributed by atoms with van der Waals surface area (Å²) < 4.78 is 0. The molecular formula is C12H16BrNO2. The van der Waals surface area contributed by atoms with Crippen molar-refractivity contribution in [3.63, 3.8) is 0 Å². The lowest BCUT2D eigenvalue weighted by Gasteiger charge is -2.07. The maximum Gasteiger partial charge on any atom is 0.255 e. The number of unbranched alkanes of at least 4 members (excludes halogenated alkanes) is 1. The smallest absolute Gasteiger partial charge is 0.255 e. The Kier molecular flexibility index (Phi) is 5.32. The molecule has 0 fully saturated rings. The quantitative estimate of drug-likeness (QED) is 0.645. The van der Waals surface area contributed by atoms with Crippen molar-refractivity contribution in [3.8, 4) is 5.75 Å². The van der Waals surface area contributed by atoms with Gasteiger partial charge >= 0.3 is 0 Å². The molecule has 1 aromatic rings. The number of phenolic OH excluding ortho intramolecular Hbond substituents is 1. The monoisotopic (exact) mass is 285 g/mol. The first-order valence-corrected chi connectivity index (χ1v) is 6.41. The summed E-state index contributed by atoms with van der Waals surface area (Å²) in [6.45, 7) is 2.41. The maximum atomic E-state index is 11.7. The molecular weight excluding hydrogens is 270 g/mol. The van der Waals surface area contributed by atoms with Gasteiger partial charge in [0.05, 0.1) is 5.56 Å². The third-order valence-corrected chi connectivity index (χ3v) is 2.89. The van der Waals surface area contributed by atoms with Crippen LogP contribution >= 0.6 is 15.9 Å². The molecule has 88 valence electrons. The van der Waals surface area contributed by atoms with E-state index in [1.807, 2.05) is 0 Å². The van der Waals surface area contributed by atoms with Gasteiger partial charge in [-0.25, -0.2) is 0 Å². The van der Waals surface area contributed by atoms with Crippen LogP contribution in [0.25, 0.3) is 0 Å². The molecule has 0 aliphatic carbocycles. The molecule has 0 aliphatic heterocycles. The van der Waals surface area contributed by atoms with E-state index in [4.69, 9.17) is 0 Å². The van der Waals surface area contributed by atoms with Crippen molar-refractivity contribution in [1.82, 2.24) is 5.32 Å². The average Bonchev–Trinajstić information content (AvgIpc) is 2.28. The van der Waals surface area contributed by atoms with Gasteiger partial charge in [-0.2, -0.15) is 0 Å². The van der Waals surface area contributed by atoms with Crippen LogP contribution in [-0.4, -0.2) is 22.9 Å². The number of nitrogens with one attached hydrogen (secondary N) is 1. The zero-order valence-corrected chi connectivity index (χ0v) is 10.9. The molecule has 0 radical (unpaired) electrons. The lowest BCUT2D eigenvalue weighted by atomic mass is 10.1. The highest BCUT2D eigenvalue weighted by Gasteiger charge is 2.11. The van der Waals surface area contributed by atoms with Crippen LogP contribution in [0.4, 0.5) is 0 Å². The van der Waals surface area contributed by atoms with Gasteiger partial charge in [-0.15, -0.1) is 0 Å². The van der Waals surface area contributed by atoms with Crippen molar-refractivity contribution >= 4 is 21.8 Å². The number of carbonyl (C=O) groups is 1. The third kappa shape index (κ3) is 3.52. The van der Waals surface area contributed by atoms with Crippen molar-refractivity contribution in [2.45, 2.75) is 19.8 Å². The molecule has 1 aromatic carbocycles. The molecule has 0 atom stereocenters. The Labute approximate surface area is 104 Å². The first kappa shape index (κ1) is 13.0. The molecule has 3 nitrogen and oxygen atoms in total. The first-order valence-electron chi connectivity index (χ1n) is 5.29. The van der Waals surface area contributed by atoms with Gasteiger partial charge in [0.15, 0.2) is 0 Å². The van der Waals surface area contributed by atoms with Crippen LogP contribution in [0.2, 0.25) is 0 Å². The van der Waals surface area contributed by atoms with Crippen LogP contribution in [0.3, 0.4) is 0 Å². The number of benzene rings is 1. The summed E-state index contributed by atoms with van der Waals surface area (Å²) in [5.74, 6) is -0.142. The van der Waals surface area contributed by atoms with Crippen molar-refractivity contribution in [2.24, 2.45) is 0 Å². The van der Waals surface area contributed by atoms with E-state index in [-0.39, 0.29) is 11.7 Å². The van der Waals surface area contributed by atoms with E-state index in [0.717, 1.165) is 18.2 Å². The second-order valence-electron chi connectivity index (χ2n) is 3.62. The maximum absolute atomic E-state index is 11.7. The number of hydrogen-bond donors (Lipinski definition) is 2. The minimum atomic E-state index is -0.212. The molecule has 2 N–H and O–H groups in total. The fourth-order valence-corrected chi connectivity index (χ4v) is 1.76. The summed E-state index contributed by atoms with van der Waals surface area (Å²) in [4.78, 5) is 11.7. The van der Waals surface area contributed by atoms with Gasteiger partial charge in [0.1, 0.15) is 5.75 Å². The molecule has 0 saturated heterocycles. The third-order valence-electron chi connectivity index (χ3n) is 2.33. The van der Waals surface area contributed by atoms with Gasteiger partial charge in [0, 0.05) is 11.9 Å². The predicted molar refractivity (Wildman–Crippen MR) is 68.2 cm³/mol. The van der Waals surface area contributed by atoms with Crippen molar-refractivity contribution < 1.29 is 9.90 Å². The number of rotatable bonds is 5. The normalized spacial score (nSPS) is 10.1. The van der Waals surface area contributed by atoms with Crippen LogP contribution < -0.4 is 5.32 Å². The second-order valence-corrected chi connectivity index (χ2v) is 4.42. The van der Waals surface area contributed by atoms with E-state index in [1.165, 1.54) is 0 Å². The standard InChI is InChI=1S/C12H16BrNO2/c1-9-5-4-6-10(11(9)15)12(16)14-8-3-2-7-13/h4-6,15H,2-3,7-8H2,1H3,(H,14,16). The zero-order chi connectivity index (χ0) is 12.0. The van der Waals surface area contributed by atoms with Gasteiger partial charge in [-0.05, 0) is 31.4 Å². The molecule has 0 heterocycles. The van der Waals surface area contributed by atoms with Gasteiger partial charge < -0.3 is 10.4 Å². The van der Waals surface area contributed by atoms with Gasteiger partial charge in [0.25, 0.3) is 5.91 Å². The van der Waals surface area contributed by atoms with Crippen LogP contribution in [-0.2, 0) is 0 Å². The van der Waals surface area contributed by atoms with Crippen LogP contribution in [0.5, 0.6) is 5.75 Å². The summed E-state index contributed by atoms with van der Waals surface area (Å²) >= 11 is 3.33. The van der Waals surface area contributed by atoms with E-state index in [1.54, 1.807) is 25.1 Å². The highest BCUT2D eigenvalue weighted by molar-refractivity contribution is 9.09. The van der Waals surface area contributed by atoms with Gasteiger partial charge in [-0.1, -0.05) is 28.1 Å². The lowest BCUT2D eigenvalue weighted by molar-refractivity contribution is 0.0950. The summed E-state index contributed by atoms with van der Waals surface area (Å²) in [6.07, 6.45) is 1.96. The highest BCUT2D eigenvalue weighted by atomic mass is 79.9. The summed E-state index contributed by atoms with van der Waals surface area (Å²) in [6, 6.07) is 5.17. The average molecular weight is 286 g/mol. The van der Waals surface area contributed by atoms with Crippen molar-refractivity contribution in [1.29, 1.82) is 0 Å². The molecule has 0 saturated carbocycles. The number of amides is 1. The van der Waals surface area contributed by atoms with E-state index < -0.39 is 0 Å². The highest BCUT2D eigenvalue weighted by Crippen LogP contribution is 2.20. The first-order chi connectivity index (χ1) is 7.66. The number of phenols is 1. The Morgan fingerprint density at radius 2 is 2.19 bits per heavy atom. The van der Waals surface area contributed by atoms with Gasteiger partial charge in [0.2, 0.25) is 0 Å². The molecule has 0 unspecified atom stereocenters.